The predicted molar refractivity (Wildman–Crippen MR) is 90.7 cm³/mol. The van der Waals surface area contributed by atoms with Crippen LogP contribution in [-0.4, -0.2) is 22.3 Å². The van der Waals surface area contributed by atoms with Crippen LogP contribution in [0.3, 0.4) is 0 Å². The van der Waals surface area contributed by atoms with Crippen molar-refractivity contribution in [1.82, 2.24) is 5.06 Å². The fourth-order valence-corrected chi connectivity index (χ4v) is 3.92. The topological polar surface area (TPSA) is 73.3 Å². The molecule has 6 nitrogen and oxygen atoms in total. The number of hydrogen-bond donors (Lipinski definition) is 1. The maximum absolute atomic E-state index is 8.88. The standard InChI is InChI=1S/C17H25N5O/c1-16(2)10-7-11-17(3,4)22(16)23-14-12-8-5-6-9-13(12)19-15(14)20-21-18/h5-6,8-9,14-15,19H,7,10-11H2,1-4H3. The van der Waals surface area contributed by atoms with Gasteiger partial charge in [-0.3, -0.25) is 4.84 Å². The molecule has 3 rings (SSSR count). The lowest BCUT2D eigenvalue weighted by molar-refractivity contribution is -0.307. The van der Waals surface area contributed by atoms with Gasteiger partial charge in [0.2, 0.25) is 0 Å². The number of rotatable bonds is 3. The molecule has 1 aromatic rings. The average Bonchev–Trinajstić information content (AvgIpc) is 2.80. The quantitative estimate of drug-likeness (QED) is 0.496. The molecule has 0 spiro atoms. The summed E-state index contributed by atoms with van der Waals surface area (Å²) in [5, 5.41) is 9.28. The Labute approximate surface area is 137 Å². The zero-order chi connectivity index (χ0) is 16.7. The van der Waals surface area contributed by atoms with Gasteiger partial charge in [-0.2, -0.15) is 5.06 Å². The van der Waals surface area contributed by atoms with E-state index in [-0.39, 0.29) is 17.2 Å². The van der Waals surface area contributed by atoms with E-state index in [1.54, 1.807) is 0 Å². The number of nitrogens with one attached hydrogen (secondary N) is 1. The summed E-state index contributed by atoms with van der Waals surface area (Å²) in [6.07, 6.45) is 2.64. The molecule has 2 aliphatic rings. The van der Waals surface area contributed by atoms with Gasteiger partial charge >= 0.3 is 0 Å². The molecule has 2 atom stereocenters. The molecule has 0 aromatic heterocycles. The molecule has 6 heteroatoms. The number of benzene rings is 1. The smallest absolute Gasteiger partial charge is 0.138 e. The normalized spacial score (nSPS) is 28.5. The van der Waals surface area contributed by atoms with Gasteiger partial charge in [-0.1, -0.05) is 23.3 Å². The number of hydroxylamine groups is 2. The minimum atomic E-state index is -0.425. The van der Waals surface area contributed by atoms with Gasteiger partial charge in [0, 0.05) is 27.2 Å². The third-order valence-corrected chi connectivity index (χ3v) is 4.93. The molecule has 2 unspecified atom stereocenters. The van der Waals surface area contributed by atoms with E-state index < -0.39 is 6.17 Å². The van der Waals surface area contributed by atoms with Gasteiger partial charge in [0.15, 0.2) is 0 Å². The van der Waals surface area contributed by atoms with Crippen LogP contribution in [0.1, 0.15) is 58.6 Å². The van der Waals surface area contributed by atoms with Crippen LogP contribution in [0.25, 0.3) is 10.4 Å². The van der Waals surface area contributed by atoms with Crippen molar-refractivity contribution < 1.29 is 4.84 Å². The molecule has 0 amide bonds. The van der Waals surface area contributed by atoms with Crippen LogP contribution >= 0.6 is 0 Å². The maximum atomic E-state index is 8.88. The molecular weight excluding hydrogens is 290 g/mol. The second kappa shape index (κ2) is 5.71. The zero-order valence-electron chi connectivity index (χ0n) is 14.3. The maximum Gasteiger partial charge on any atom is 0.138 e. The Morgan fingerprint density at radius 2 is 1.87 bits per heavy atom. The first kappa shape index (κ1) is 16.1. The molecule has 2 aliphatic heterocycles. The van der Waals surface area contributed by atoms with E-state index in [4.69, 9.17) is 10.4 Å². The molecule has 1 fully saturated rings. The van der Waals surface area contributed by atoms with Crippen LogP contribution in [0.2, 0.25) is 0 Å². The molecule has 0 saturated carbocycles. The largest absolute Gasteiger partial charge is 0.374 e. The first-order valence-corrected chi connectivity index (χ1v) is 8.22. The molecule has 23 heavy (non-hydrogen) atoms. The summed E-state index contributed by atoms with van der Waals surface area (Å²) in [7, 11) is 0. The number of hydrogen-bond acceptors (Lipinski definition) is 4. The van der Waals surface area contributed by atoms with Crippen LogP contribution in [0.4, 0.5) is 5.69 Å². The van der Waals surface area contributed by atoms with Crippen molar-refractivity contribution in [2.24, 2.45) is 5.11 Å². The van der Waals surface area contributed by atoms with E-state index in [2.05, 4.69) is 48.1 Å². The van der Waals surface area contributed by atoms with E-state index in [1.807, 2.05) is 24.3 Å². The second-order valence-electron chi connectivity index (χ2n) is 7.68. The number of azide groups is 1. The molecule has 0 radical (unpaired) electrons. The molecule has 1 N–H and O–H groups in total. The predicted octanol–water partition coefficient (Wildman–Crippen LogP) is 4.76. The van der Waals surface area contributed by atoms with Gasteiger partial charge in [-0.05, 0) is 58.6 Å². The van der Waals surface area contributed by atoms with Gasteiger partial charge in [-0.15, -0.1) is 0 Å². The highest BCUT2D eigenvalue weighted by Gasteiger charge is 2.46. The van der Waals surface area contributed by atoms with E-state index in [0.717, 1.165) is 24.1 Å². The van der Waals surface area contributed by atoms with Gasteiger partial charge in [-0.25, -0.2) is 0 Å². The monoisotopic (exact) mass is 315 g/mol. The Bertz CT molecular complexity index is 620. The van der Waals surface area contributed by atoms with Gasteiger partial charge in [0.25, 0.3) is 0 Å². The lowest BCUT2D eigenvalue weighted by Gasteiger charge is -2.52. The second-order valence-corrected chi connectivity index (χ2v) is 7.68. The Kier molecular flexibility index (Phi) is 4.00. The average molecular weight is 315 g/mol. The third-order valence-electron chi connectivity index (χ3n) is 4.93. The molecular formula is C17H25N5O. The summed E-state index contributed by atoms with van der Waals surface area (Å²) in [5.74, 6) is 0. The number of fused-ring (bicyclic) bond motifs is 1. The number of nitrogens with zero attached hydrogens (tertiary/aromatic N) is 4. The molecule has 124 valence electrons. The molecule has 0 aliphatic carbocycles. The van der Waals surface area contributed by atoms with Gasteiger partial charge in [0.05, 0.1) is 0 Å². The highest BCUT2D eigenvalue weighted by Crippen LogP contribution is 2.44. The van der Waals surface area contributed by atoms with Crippen molar-refractivity contribution >= 4 is 5.69 Å². The first-order valence-electron chi connectivity index (χ1n) is 8.22. The van der Waals surface area contributed by atoms with Gasteiger partial charge < -0.3 is 5.32 Å². The molecule has 1 saturated heterocycles. The summed E-state index contributed by atoms with van der Waals surface area (Å²) in [5.41, 5.74) is 10.8. The van der Waals surface area contributed by atoms with Crippen LogP contribution < -0.4 is 5.32 Å². The van der Waals surface area contributed by atoms with Crippen molar-refractivity contribution in [2.75, 3.05) is 5.32 Å². The van der Waals surface area contributed by atoms with Crippen molar-refractivity contribution in [3.05, 3.63) is 40.3 Å². The minimum absolute atomic E-state index is 0.0554. The van der Waals surface area contributed by atoms with E-state index in [9.17, 15) is 0 Å². The van der Waals surface area contributed by atoms with Crippen LogP contribution in [0.15, 0.2) is 29.4 Å². The highest BCUT2D eigenvalue weighted by molar-refractivity contribution is 5.58. The lowest BCUT2D eigenvalue weighted by Crippen LogP contribution is -2.58. The van der Waals surface area contributed by atoms with Crippen molar-refractivity contribution in [2.45, 2.75) is 70.3 Å². The number of piperidine rings is 1. The van der Waals surface area contributed by atoms with E-state index >= 15 is 0 Å². The summed E-state index contributed by atoms with van der Waals surface area (Å²) >= 11 is 0. The number of anilines is 1. The van der Waals surface area contributed by atoms with Crippen LogP contribution in [-0.2, 0) is 4.84 Å². The Hall–Kier alpha value is -1.75. The van der Waals surface area contributed by atoms with Crippen molar-refractivity contribution in [3.8, 4) is 0 Å². The van der Waals surface area contributed by atoms with E-state index in [1.165, 1.54) is 6.42 Å². The summed E-state index contributed by atoms with van der Waals surface area (Å²) in [6, 6.07) is 7.98. The minimum Gasteiger partial charge on any atom is -0.374 e. The van der Waals surface area contributed by atoms with Gasteiger partial charge in [0.1, 0.15) is 12.3 Å². The number of para-hydroxylation sites is 1. The molecule has 0 bridgehead atoms. The fourth-order valence-electron chi connectivity index (χ4n) is 3.92. The molecule has 1 aromatic carbocycles. The summed E-state index contributed by atoms with van der Waals surface area (Å²) in [4.78, 5) is 9.46. The van der Waals surface area contributed by atoms with Crippen LogP contribution in [0, 0.1) is 0 Å². The van der Waals surface area contributed by atoms with Crippen molar-refractivity contribution in [1.29, 1.82) is 0 Å². The Morgan fingerprint density at radius 1 is 1.22 bits per heavy atom. The van der Waals surface area contributed by atoms with Crippen molar-refractivity contribution in [3.63, 3.8) is 0 Å². The SMILES string of the molecule is CC1(C)CCCC(C)(C)N1OC1c2ccccc2NC1N=[N+]=[N-]. The van der Waals surface area contributed by atoms with E-state index in [0.29, 0.717) is 0 Å². The summed E-state index contributed by atoms with van der Waals surface area (Å²) in [6.45, 7) is 8.85. The van der Waals surface area contributed by atoms with Crippen LogP contribution in [0.5, 0.6) is 0 Å². The zero-order valence-corrected chi connectivity index (χ0v) is 14.3. The lowest BCUT2D eigenvalue weighted by atomic mass is 9.82. The highest BCUT2D eigenvalue weighted by atomic mass is 16.7. The fraction of sp³-hybridized carbons (Fsp3) is 0.647. The third kappa shape index (κ3) is 2.90. The Balaban J connectivity index is 1.94. The summed E-state index contributed by atoms with van der Waals surface area (Å²) < 4.78 is 0. The first-order chi connectivity index (χ1) is 10.8. The Morgan fingerprint density at radius 3 is 2.52 bits per heavy atom. The molecule has 2 heterocycles.